The molecule has 0 spiro atoms. The molecule has 0 atom stereocenters. The number of nitrogen functional groups attached to an aromatic ring is 1. The van der Waals surface area contributed by atoms with Gasteiger partial charge in [0, 0.05) is 20.2 Å². The number of nitrogens with zero attached hydrogens (tertiary/aromatic N) is 4. The molecule has 0 bridgehead atoms. The highest BCUT2D eigenvalue weighted by Gasteiger charge is 2.07. The van der Waals surface area contributed by atoms with Crippen molar-refractivity contribution in [1.29, 1.82) is 0 Å². The molecule has 2 aromatic rings. The Morgan fingerprint density at radius 2 is 1.90 bits per heavy atom. The number of hydrogen-bond donors (Lipinski definition) is 1. The molecule has 8 heteroatoms. The first-order valence-electron chi connectivity index (χ1n) is 5.71. The summed E-state index contributed by atoms with van der Waals surface area (Å²) in [5.41, 5.74) is 5.63. The Morgan fingerprint density at radius 3 is 2.55 bits per heavy atom. The van der Waals surface area contributed by atoms with Gasteiger partial charge in [0.2, 0.25) is 11.9 Å². The van der Waals surface area contributed by atoms with Crippen LogP contribution in [-0.4, -0.2) is 29.0 Å². The Hall–Kier alpha value is -1.79. The van der Waals surface area contributed by atoms with Crippen LogP contribution in [0, 0.1) is 0 Å². The minimum Gasteiger partial charge on any atom is -0.486 e. The summed E-state index contributed by atoms with van der Waals surface area (Å²) in [5.74, 6) is 1.64. The first-order chi connectivity index (χ1) is 9.45. The lowest BCUT2D eigenvalue weighted by atomic mass is 10.3. The summed E-state index contributed by atoms with van der Waals surface area (Å²) < 4.78 is 5.55. The summed E-state index contributed by atoms with van der Waals surface area (Å²) in [6.45, 7) is 0.158. The Kier molecular flexibility index (Phi) is 4.46. The maximum absolute atomic E-state index is 5.91. The van der Waals surface area contributed by atoms with Crippen LogP contribution in [0.5, 0.6) is 5.75 Å². The summed E-state index contributed by atoms with van der Waals surface area (Å²) in [5, 5.41) is 0.895. The zero-order valence-electron chi connectivity index (χ0n) is 11.0. The second kappa shape index (κ2) is 6.11. The molecule has 2 rings (SSSR count). The highest BCUT2D eigenvalue weighted by atomic mass is 35.5. The summed E-state index contributed by atoms with van der Waals surface area (Å²) in [6.07, 6.45) is 0. The summed E-state index contributed by atoms with van der Waals surface area (Å²) >= 11 is 11.7. The third-order valence-electron chi connectivity index (χ3n) is 2.35. The predicted molar refractivity (Wildman–Crippen MR) is 79.4 cm³/mol. The molecule has 0 aliphatic heterocycles. The lowest BCUT2D eigenvalue weighted by Gasteiger charge is -2.12. The molecule has 0 saturated carbocycles. The second-order valence-corrected chi connectivity index (χ2v) is 4.98. The molecular formula is C12H13Cl2N5O. The zero-order chi connectivity index (χ0) is 14.7. The van der Waals surface area contributed by atoms with Crippen molar-refractivity contribution in [2.45, 2.75) is 6.61 Å². The van der Waals surface area contributed by atoms with Crippen molar-refractivity contribution in [3.05, 3.63) is 34.1 Å². The number of rotatable bonds is 4. The van der Waals surface area contributed by atoms with Gasteiger partial charge < -0.3 is 15.4 Å². The van der Waals surface area contributed by atoms with Gasteiger partial charge in [0.15, 0.2) is 5.82 Å². The SMILES string of the molecule is CN(C)c1nc(N)nc(COc2ccc(Cl)c(Cl)c2)n1. The van der Waals surface area contributed by atoms with E-state index in [0.717, 1.165) is 0 Å². The van der Waals surface area contributed by atoms with E-state index in [1.807, 2.05) is 14.1 Å². The Morgan fingerprint density at radius 1 is 1.15 bits per heavy atom. The van der Waals surface area contributed by atoms with Gasteiger partial charge in [0.25, 0.3) is 0 Å². The van der Waals surface area contributed by atoms with E-state index >= 15 is 0 Å². The van der Waals surface area contributed by atoms with Gasteiger partial charge in [-0.1, -0.05) is 23.2 Å². The first kappa shape index (κ1) is 14.6. The van der Waals surface area contributed by atoms with E-state index in [1.165, 1.54) is 0 Å². The van der Waals surface area contributed by atoms with Crippen molar-refractivity contribution in [3.63, 3.8) is 0 Å². The fourth-order valence-electron chi connectivity index (χ4n) is 1.40. The van der Waals surface area contributed by atoms with Gasteiger partial charge in [0.1, 0.15) is 12.4 Å². The van der Waals surface area contributed by atoms with Crippen LogP contribution in [0.4, 0.5) is 11.9 Å². The number of benzene rings is 1. The van der Waals surface area contributed by atoms with Gasteiger partial charge in [-0.05, 0) is 12.1 Å². The molecule has 1 aromatic carbocycles. The quantitative estimate of drug-likeness (QED) is 0.934. The molecule has 2 N–H and O–H groups in total. The van der Waals surface area contributed by atoms with Crippen LogP contribution in [0.15, 0.2) is 18.2 Å². The minimum atomic E-state index is 0.149. The number of ether oxygens (including phenoxy) is 1. The number of anilines is 2. The average Bonchev–Trinajstić information content (AvgIpc) is 2.39. The molecule has 6 nitrogen and oxygen atoms in total. The van der Waals surface area contributed by atoms with Crippen molar-refractivity contribution in [3.8, 4) is 5.75 Å². The summed E-state index contributed by atoms with van der Waals surface area (Å²) in [7, 11) is 3.64. The second-order valence-electron chi connectivity index (χ2n) is 4.17. The van der Waals surface area contributed by atoms with E-state index in [0.29, 0.717) is 27.6 Å². The van der Waals surface area contributed by atoms with E-state index < -0.39 is 0 Å². The Bertz CT molecular complexity index is 621. The minimum absolute atomic E-state index is 0.149. The van der Waals surface area contributed by atoms with Gasteiger partial charge in [-0.3, -0.25) is 0 Å². The lowest BCUT2D eigenvalue weighted by Crippen LogP contribution is -2.16. The fourth-order valence-corrected chi connectivity index (χ4v) is 1.69. The van der Waals surface area contributed by atoms with Crippen molar-refractivity contribution < 1.29 is 4.74 Å². The normalized spacial score (nSPS) is 10.4. The Balaban J connectivity index is 2.12. The van der Waals surface area contributed by atoms with Crippen molar-refractivity contribution in [2.75, 3.05) is 24.7 Å². The standard InChI is InChI=1S/C12H13Cl2N5O/c1-19(2)12-17-10(16-11(15)18-12)6-20-7-3-4-8(13)9(14)5-7/h3-5H,6H2,1-2H3,(H2,15,16,17,18). The first-order valence-corrected chi connectivity index (χ1v) is 6.47. The molecule has 0 aliphatic rings. The molecule has 0 unspecified atom stereocenters. The predicted octanol–water partition coefficient (Wildman–Crippen LogP) is 2.41. The van der Waals surface area contributed by atoms with E-state index in [-0.39, 0.29) is 12.6 Å². The summed E-state index contributed by atoms with van der Waals surface area (Å²) in [4.78, 5) is 14.0. The largest absolute Gasteiger partial charge is 0.486 e. The topological polar surface area (TPSA) is 77.2 Å². The molecule has 0 saturated heterocycles. The van der Waals surface area contributed by atoms with Gasteiger partial charge in [-0.2, -0.15) is 15.0 Å². The number of halogens is 2. The molecule has 0 amide bonds. The summed E-state index contributed by atoms with van der Waals surface area (Å²) in [6, 6.07) is 5.00. The molecule has 1 heterocycles. The van der Waals surface area contributed by atoms with Crippen LogP contribution in [0.1, 0.15) is 5.82 Å². The fraction of sp³-hybridized carbons (Fsp3) is 0.250. The molecular weight excluding hydrogens is 301 g/mol. The molecule has 106 valence electrons. The zero-order valence-corrected chi connectivity index (χ0v) is 12.5. The van der Waals surface area contributed by atoms with E-state index in [2.05, 4.69) is 15.0 Å². The Labute approximate surface area is 126 Å². The van der Waals surface area contributed by atoms with Gasteiger partial charge >= 0.3 is 0 Å². The average molecular weight is 314 g/mol. The van der Waals surface area contributed by atoms with Crippen LogP contribution in [0.25, 0.3) is 0 Å². The maximum atomic E-state index is 5.91. The third kappa shape index (κ3) is 3.61. The number of hydrogen-bond acceptors (Lipinski definition) is 6. The molecule has 1 aromatic heterocycles. The van der Waals surface area contributed by atoms with Gasteiger partial charge in [-0.25, -0.2) is 0 Å². The van der Waals surface area contributed by atoms with E-state index in [4.69, 9.17) is 33.7 Å². The lowest BCUT2D eigenvalue weighted by molar-refractivity contribution is 0.295. The smallest absolute Gasteiger partial charge is 0.230 e. The maximum Gasteiger partial charge on any atom is 0.230 e. The van der Waals surface area contributed by atoms with Gasteiger partial charge in [0.05, 0.1) is 10.0 Å². The van der Waals surface area contributed by atoms with Crippen molar-refractivity contribution in [2.24, 2.45) is 0 Å². The van der Waals surface area contributed by atoms with Gasteiger partial charge in [-0.15, -0.1) is 0 Å². The van der Waals surface area contributed by atoms with Crippen LogP contribution in [0.2, 0.25) is 10.0 Å². The van der Waals surface area contributed by atoms with Crippen LogP contribution >= 0.6 is 23.2 Å². The van der Waals surface area contributed by atoms with Crippen molar-refractivity contribution >= 4 is 35.1 Å². The molecule has 0 radical (unpaired) electrons. The van der Waals surface area contributed by atoms with E-state index in [9.17, 15) is 0 Å². The monoisotopic (exact) mass is 313 g/mol. The third-order valence-corrected chi connectivity index (χ3v) is 3.09. The highest BCUT2D eigenvalue weighted by molar-refractivity contribution is 6.42. The number of nitrogens with two attached hydrogens (primary N) is 1. The van der Waals surface area contributed by atoms with Crippen LogP contribution in [-0.2, 0) is 6.61 Å². The number of aromatic nitrogens is 3. The van der Waals surface area contributed by atoms with Crippen LogP contribution in [0.3, 0.4) is 0 Å². The van der Waals surface area contributed by atoms with Crippen LogP contribution < -0.4 is 15.4 Å². The molecule has 20 heavy (non-hydrogen) atoms. The van der Waals surface area contributed by atoms with E-state index in [1.54, 1.807) is 23.1 Å². The highest BCUT2D eigenvalue weighted by Crippen LogP contribution is 2.26. The van der Waals surface area contributed by atoms with Crippen molar-refractivity contribution in [1.82, 2.24) is 15.0 Å². The molecule has 0 aliphatic carbocycles. The molecule has 0 fully saturated rings.